The van der Waals surface area contributed by atoms with Crippen LogP contribution in [0.2, 0.25) is 0 Å². The van der Waals surface area contributed by atoms with Crippen LogP contribution in [0.1, 0.15) is 11.1 Å². The van der Waals surface area contributed by atoms with E-state index >= 15 is 0 Å². The average molecular weight is 184 g/mol. The SMILES string of the molecule is Cc1cc(-n2ccnn2)ccc1C#N. The zero-order chi connectivity index (χ0) is 9.97. The first-order chi connectivity index (χ1) is 6.81. The van der Waals surface area contributed by atoms with E-state index < -0.39 is 0 Å². The highest BCUT2D eigenvalue weighted by Crippen LogP contribution is 2.12. The first-order valence-corrected chi connectivity index (χ1v) is 4.18. The number of nitrogens with zero attached hydrogens (tertiary/aromatic N) is 4. The fraction of sp³-hybridized carbons (Fsp3) is 0.100. The molecule has 1 aromatic carbocycles. The van der Waals surface area contributed by atoms with Gasteiger partial charge in [0.05, 0.1) is 29.7 Å². The van der Waals surface area contributed by atoms with Crippen LogP contribution in [0.3, 0.4) is 0 Å². The van der Waals surface area contributed by atoms with Crippen LogP contribution >= 0.6 is 0 Å². The molecule has 14 heavy (non-hydrogen) atoms. The Labute approximate surface area is 81.4 Å². The molecule has 1 heterocycles. The summed E-state index contributed by atoms with van der Waals surface area (Å²) in [4.78, 5) is 0. The molecule has 0 atom stereocenters. The molecule has 4 nitrogen and oxygen atoms in total. The van der Waals surface area contributed by atoms with Crippen molar-refractivity contribution in [3.63, 3.8) is 0 Å². The molecule has 0 aliphatic carbocycles. The molecule has 0 amide bonds. The molecule has 0 bridgehead atoms. The fourth-order valence-corrected chi connectivity index (χ4v) is 1.26. The van der Waals surface area contributed by atoms with Crippen molar-refractivity contribution in [3.8, 4) is 11.8 Å². The Balaban J connectivity index is 2.49. The lowest BCUT2D eigenvalue weighted by Gasteiger charge is -2.02. The second-order valence-corrected chi connectivity index (χ2v) is 2.96. The molecule has 0 aliphatic heterocycles. The third-order valence-corrected chi connectivity index (χ3v) is 2.02. The lowest BCUT2D eigenvalue weighted by molar-refractivity contribution is 0.802. The molecule has 2 rings (SSSR count). The van der Waals surface area contributed by atoms with Crippen molar-refractivity contribution in [3.05, 3.63) is 41.7 Å². The second-order valence-electron chi connectivity index (χ2n) is 2.96. The summed E-state index contributed by atoms with van der Waals surface area (Å²) in [5.74, 6) is 0. The van der Waals surface area contributed by atoms with Gasteiger partial charge < -0.3 is 0 Å². The highest BCUT2D eigenvalue weighted by Gasteiger charge is 2.00. The van der Waals surface area contributed by atoms with Crippen molar-refractivity contribution in [1.29, 1.82) is 5.26 Å². The number of hydrogen-bond donors (Lipinski definition) is 0. The number of aromatic nitrogens is 3. The van der Waals surface area contributed by atoms with Gasteiger partial charge in [-0.2, -0.15) is 5.26 Å². The highest BCUT2D eigenvalue weighted by atomic mass is 15.4. The van der Waals surface area contributed by atoms with E-state index in [0.29, 0.717) is 5.56 Å². The van der Waals surface area contributed by atoms with Crippen LogP contribution < -0.4 is 0 Å². The topological polar surface area (TPSA) is 54.5 Å². The minimum absolute atomic E-state index is 0.689. The standard InChI is InChI=1S/C10H8N4/c1-8-6-10(3-2-9(8)7-11)14-5-4-12-13-14/h2-6H,1H3. The maximum absolute atomic E-state index is 8.76. The molecule has 0 saturated carbocycles. The van der Waals surface area contributed by atoms with Crippen molar-refractivity contribution in [2.24, 2.45) is 0 Å². The molecule has 68 valence electrons. The normalized spacial score (nSPS) is 9.71. The van der Waals surface area contributed by atoms with E-state index in [1.165, 1.54) is 0 Å². The highest BCUT2D eigenvalue weighted by molar-refractivity contribution is 5.44. The molecule has 0 unspecified atom stereocenters. The van der Waals surface area contributed by atoms with Gasteiger partial charge in [0.25, 0.3) is 0 Å². The number of rotatable bonds is 1. The summed E-state index contributed by atoms with van der Waals surface area (Å²) < 4.78 is 1.66. The van der Waals surface area contributed by atoms with Crippen LogP contribution in [0.5, 0.6) is 0 Å². The van der Waals surface area contributed by atoms with E-state index in [4.69, 9.17) is 5.26 Å². The smallest absolute Gasteiger partial charge is 0.0994 e. The summed E-state index contributed by atoms with van der Waals surface area (Å²) >= 11 is 0. The maximum atomic E-state index is 8.76. The predicted octanol–water partition coefficient (Wildman–Crippen LogP) is 1.45. The minimum Gasteiger partial charge on any atom is -0.221 e. The van der Waals surface area contributed by atoms with E-state index in [0.717, 1.165) is 11.3 Å². The van der Waals surface area contributed by atoms with Crippen LogP contribution in [0.25, 0.3) is 5.69 Å². The quantitative estimate of drug-likeness (QED) is 0.674. The molecule has 2 aromatic rings. The monoisotopic (exact) mass is 184 g/mol. The molecule has 0 aliphatic rings. The van der Waals surface area contributed by atoms with Gasteiger partial charge in [-0.25, -0.2) is 4.68 Å². The molecular weight excluding hydrogens is 176 g/mol. The van der Waals surface area contributed by atoms with Gasteiger partial charge in [0.15, 0.2) is 0 Å². The average Bonchev–Trinajstić information content (AvgIpc) is 2.70. The zero-order valence-electron chi connectivity index (χ0n) is 7.68. The van der Waals surface area contributed by atoms with Gasteiger partial charge in [-0.15, -0.1) is 5.10 Å². The van der Waals surface area contributed by atoms with Gasteiger partial charge >= 0.3 is 0 Å². The first-order valence-electron chi connectivity index (χ1n) is 4.18. The van der Waals surface area contributed by atoms with Crippen LogP contribution in [0, 0.1) is 18.3 Å². The van der Waals surface area contributed by atoms with Crippen LogP contribution in [0.15, 0.2) is 30.6 Å². The third-order valence-electron chi connectivity index (χ3n) is 2.02. The van der Waals surface area contributed by atoms with Crippen LogP contribution in [-0.4, -0.2) is 15.0 Å². The van der Waals surface area contributed by atoms with Gasteiger partial charge in [-0.3, -0.25) is 0 Å². The largest absolute Gasteiger partial charge is 0.221 e. The zero-order valence-corrected chi connectivity index (χ0v) is 7.68. The molecule has 1 aromatic heterocycles. The summed E-state index contributed by atoms with van der Waals surface area (Å²) in [6, 6.07) is 7.66. The van der Waals surface area contributed by atoms with Crippen molar-refractivity contribution in [1.82, 2.24) is 15.0 Å². The van der Waals surface area contributed by atoms with E-state index in [1.807, 2.05) is 19.1 Å². The Hall–Kier alpha value is -2.15. The first kappa shape index (κ1) is 8.45. The summed E-state index contributed by atoms with van der Waals surface area (Å²) in [6.45, 7) is 1.90. The Bertz CT molecular complexity index is 479. The Morgan fingerprint density at radius 3 is 2.86 bits per heavy atom. The van der Waals surface area contributed by atoms with Crippen molar-refractivity contribution in [2.45, 2.75) is 6.92 Å². The van der Waals surface area contributed by atoms with Gasteiger partial charge in [0, 0.05) is 0 Å². The van der Waals surface area contributed by atoms with Crippen LogP contribution in [-0.2, 0) is 0 Å². The Morgan fingerprint density at radius 1 is 1.43 bits per heavy atom. The molecule has 0 radical (unpaired) electrons. The van der Waals surface area contributed by atoms with E-state index in [9.17, 15) is 0 Å². The Kier molecular flexibility index (Phi) is 1.99. The molecule has 0 N–H and O–H groups in total. The number of hydrogen-bond acceptors (Lipinski definition) is 3. The van der Waals surface area contributed by atoms with E-state index in [-0.39, 0.29) is 0 Å². The molecular formula is C10H8N4. The van der Waals surface area contributed by atoms with Crippen molar-refractivity contribution < 1.29 is 0 Å². The minimum atomic E-state index is 0.689. The van der Waals surface area contributed by atoms with Gasteiger partial charge in [-0.05, 0) is 30.7 Å². The summed E-state index contributed by atoms with van der Waals surface area (Å²) in [5.41, 5.74) is 2.55. The number of aryl methyl sites for hydroxylation is 1. The summed E-state index contributed by atoms with van der Waals surface area (Å²) in [6.07, 6.45) is 3.38. The molecule has 0 fully saturated rings. The number of benzene rings is 1. The third kappa shape index (κ3) is 1.36. The maximum Gasteiger partial charge on any atom is 0.0994 e. The molecule has 0 saturated heterocycles. The van der Waals surface area contributed by atoms with Crippen molar-refractivity contribution in [2.75, 3.05) is 0 Å². The lowest BCUT2D eigenvalue weighted by Crippen LogP contribution is -1.96. The van der Waals surface area contributed by atoms with Gasteiger partial charge in [0.1, 0.15) is 0 Å². The summed E-state index contributed by atoms with van der Waals surface area (Å²) in [5, 5.41) is 16.3. The van der Waals surface area contributed by atoms with Crippen LogP contribution in [0.4, 0.5) is 0 Å². The lowest BCUT2D eigenvalue weighted by atomic mass is 10.1. The fourth-order valence-electron chi connectivity index (χ4n) is 1.26. The molecule has 0 spiro atoms. The second kappa shape index (κ2) is 3.30. The predicted molar refractivity (Wildman–Crippen MR) is 50.8 cm³/mol. The van der Waals surface area contributed by atoms with E-state index in [1.54, 1.807) is 23.1 Å². The molecule has 4 heteroatoms. The number of nitriles is 1. The summed E-state index contributed by atoms with van der Waals surface area (Å²) in [7, 11) is 0. The van der Waals surface area contributed by atoms with Crippen molar-refractivity contribution >= 4 is 0 Å². The van der Waals surface area contributed by atoms with Gasteiger partial charge in [0.2, 0.25) is 0 Å². The van der Waals surface area contributed by atoms with Gasteiger partial charge in [-0.1, -0.05) is 5.21 Å². The Morgan fingerprint density at radius 2 is 2.29 bits per heavy atom. The van der Waals surface area contributed by atoms with E-state index in [2.05, 4.69) is 16.4 Å².